The summed E-state index contributed by atoms with van der Waals surface area (Å²) in [6.45, 7) is 12.9. The van der Waals surface area contributed by atoms with Gasteiger partial charge in [0.1, 0.15) is 0 Å². The van der Waals surface area contributed by atoms with Crippen molar-refractivity contribution in [3.8, 4) is 0 Å². The van der Waals surface area contributed by atoms with Crippen molar-refractivity contribution in [1.82, 2.24) is 4.90 Å². The SMILES string of the molecule is CCN(CC)c1ccc(NCC(=O)N2CCCC(C)C2)c(C)c1. The van der Waals surface area contributed by atoms with Gasteiger partial charge in [-0.05, 0) is 63.3 Å². The minimum atomic E-state index is 0.212. The first kappa shape index (κ1) is 17.6. The zero-order valence-corrected chi connectivity index (χ0v) is 15.1. The average molecular weight is 317 g/mol. The van der Waals surface area contributed by atoms with Crippen molar-refractivity contribution in [3.05, 3.63) is 23.8 Å². The number of piperidine rings is 1. The number of carbonyl (C=O) groups is 1. The van der Waals surface area contributed by atoms with Crippen LogP contribution < -0.4 is 10.2 Å². The maximum absolute atomic E-state index is 12.4. The molecule has 23 heavy (non-hydrogen) atoms. The van der Waals surface area contributed by atoms with Gasteiger partial charge in [0.15, 0.2) is 0 Å². The molecule has 2 rings (SSSR count). The average Bonchev–Trinajstić information content (AvgIpc) is 2.55. The second kappa shape index (κ2) is 8.23. The van der Waals surface area contributed by atoms with Gasteiger partial charge in [0.05, 0.1) is 6.54 Å². The molecule has 1 aromatic rings. The van der Waals surface area contributed by atoms with E-state index in [0.29, 0.717) is 12.5 Å². The molecule has 1 saturated heterocycles. The number of hydrogen-bond donors (Lipinski definition) is 1. The topological polar surface area (TPSA) is 35.6 Å². The Morgan fingerprint density at radius 1 is 1.35 bits per heavy atom. The van der Waals surface area contributed by atoms with E-state index in [0.717, 1.165) is 38.3 Å². The third-order valence-electron chi connectivity index (χ3n) is 4.78. The Labute approximate surface area is 140 Å². The van der Waals surface area contributed by atoms with E-state index in [4.69, 9.17) is 0 Å². The highest BCUT2D eigenvalue weighted by Gasteiger charge is 2.20. The van der Waals surface area contributed by atoms with Crippen molar-refractivity contribution in [2.24, 2.45) is 5.92 Å². The molecule has 1 aliphatic rings. The zero-order valence-electron chi connectivity index (χ0n) is 15.1. The summed E-state index contributed by atoms with van der Waals surface area (Å²) in [4.78, 5) is 16.7. The van der Waals surface area contributed by atoms with Crippen LogP contribution in [0.15, 0.2) is 18.2 Å². The lowest BCUT2D eigenvalue weighted by molar-refractivity contribution is -0.130. The van der Waals surface area contributed by atoms with Gasteiger partial charge in [-0.3, -0.25) is 4.79 Å². The molecular weight excluding hydrogens is 286 g/mol. The van der Waals surface area contributed by atoms with Crippen LogP contribution in [0, 0.1) is 12.8 Å². The quantitative estimate of drug-likeness (QED) is 0.872. The van der Waals surface area contributed by atoms with Crippen LogP contribution in [-0.2, 0) is 4.79 Å². The molecule has 1 N–H and O–H groups in total. The number of hydrogen-bond acceptors (Lipinski definition) is 3. The second-order valence-corrected chi connectivity index (χ2v) is 6.61. The van der Waals surface area contributed by atoms with Crippen molar-refractivity contribution in [2.75, 3.05) is 42.9 Å². The van der Waals surface area contributed by atoms with Crippen LogP contribution in [0.4, 0.5) is 11.4 Å². The van der Waals surface area contributed by atoms with Gasteiger partial charge in [-0.15, -0.1) is 0 Å². The number of rotatable bonds is 6. The van der Waals surface area contributed by atoms with Crippen LogP contribution in [0.3, 0.4) is 0 Å². The molecule has 1 fully saturated rings. The van der Waals surface area contributed by atoms with E-state index in [1.807, 2.05) is 4.90 Å². The third-order valence-corrected chi connectivity index (χ3v) is 4.78. The summed E-state index contributed by atoms with van der Waals surface area (Å²) in [6, 6.07) is 6.42. The maximum atomic E-state index is 12.4. The van der Waals surface area contributed by atoms with Gasteiger partial charge in [-0.25, -0.2) is 0 Å². The zero-order chi connectivity index (χ0) is 16.8. The number of nitrogens with zero attached hydrogens (tertiary/aromatic N) is 2. The molecule has 0 radical (unpaired) electrons. The molecule has 1 unspecified atom stereocenters. The van der Waals surface area contributed by atoms with Gasteiger partial charge in [-0.2, -0.15) is 0 Å². The Balaban J connectivity index is 1.94. The molecule has 1 aliphatic heterocycles. The fourth-order valence-electron chi connectivity index (χ4n) is 3.33. The maximum Gasteiger partial charge on any atom is 0.241 e. The Morgan fingerprint density at radius 2 is 2.09 bits per heavy atom. The Hall–Kier alpha value is -1.71. The summed E-state index contributed by atoms with van der Waals surface area (Å²) in [5.41, 5.74) is 3.49. The predicted molar refractivity (Wildman–Crippen MR) is 98.2 cm³/mol. The van der Waals surface area contributed by atoms with E-state index in [2.05, 4.69) is 56.1 Å². The van der Waals surface area contributed by atoms with Crippen LogP contribution in [0.25, 0.3) is 0 Å². The van der Waals surface area contributed by atoms with Gasteiger partial charge in [0.25, 0.3) is 0 Å². The predicted octanol–water partition coefficient (Wildman–Crippen LogP) is 3.51. The Bertz CT molecular complexity index is 525. The van der Waals surface area contributed by atoms with Crippen LogP contribution in [0.1, 0.15) is 39.2 Å². The molecule has 0 saturated carbocycles. The highest BCUT2D eigenvalue weighted by molar-refractivity contribution is 5.81. The Morgan fingerprint density at radius 3 is 2.70 bits per heavy atom. The van der Waals surface area contributed by atoms with Gasteiger partial charge >= 0.3 is 0 Å². The summed E-state index contributed by atoms with van der Waals surface area (Å²) >= 11 is 0. The molecule has 4 heteroatoms. The summed E-state index contributed by atoms with van der Waals surface area (Å²) in [5.74, 6) is 0.839. The summed E-state index contributed by atoms with van der Waals surface area (Å²) in [6.07, 6.45) is 2.37. The molecule has 1 aromatic carbocycles. The summed E-state index contributed by atoms with van der Waals surface area (Å²) < 4.78 is 0. The molecule has 1 heterocycles. The largest absolute Gasteiger partial charge is 0.376 e. The van der Waals surface area contributed by atoms with Gasteiger partial charge in [-0.1, -0.05) is 6.92 Å². The lowest BCUT2D eigenvalue weighted by Gasteiger charge is -2.31. The first-order valence-electron chi connectivity index (χ1n) is 8.92. The summed E-state index contributed by atoms with van der Waals surface area (Å²) in [5, 5.41) is 3.32. The normalized spacial score (nSPS) is 17.9. The molecule has 1 amide bonds. The van der Waals surface area contributed by atoms with Crippen LogP contribution in [0.2, 0.25) is 0 Å². The van der Waals surface area contributed by atoms with Gasteiger partial charge in [0, 0.05) is 37.6 Å². The fourth-order valence-corrected chi connectivity index (χ4v) is 3.33. The smallest absolute Gasteiger partial charge is 0.241 e. The number of amides is 1. The number of anilines is 2. The molecule has 0 aromatic heterocycles. The second-order valence-electron chi connectivity index (χ2n) is 6.61. The standard InChI is InChI=1S/C19H31N3O/c1-5-21(6-2)17-9-10-18(16(4)12-17)20-13-19(23)22-11-7-8-15(3)14-22/h9-10,12,15,20H,5-8,11,13-14H2,1-4H3. The Kier molecular flexibility index (Phi) is 6.31. The lowest BCUT2D eigenvalue weighted by Crippen LogP contribution is -2.42. The van der Waals surface area contributed by atoms with Crippen molar-refractivity contribution < 1.29 is 4.79 Å². The first-order valence-corrected chi connectivity index (χ1v) is 8.92. The van der Waals surface area contributed by atoms with E-state index < -0.39 is 0 Å². The third kappa shape index (κ3) is 4.63. The van der Waals surface area contributed by atoms with Crippen molar-refractivity contribution >= 4 is 17.3 Å². The van der Waals surface area contributed by atoms with E-state index >= 15 is 0 Å². The van der Waals surface area contributed by atoms with E-state index in [9.17, 15) is 4.79 Å². The summed E-state index contributed by atoms with van der Waals surface area (Å²) in [7, 11) is 0. The van der Waals surface area contributed by atoms with Crippen molar-refractivity contribution in [3.63, 3.8) is 0 Å². The molecular formula is C19H31N3O. The fraction of sp³-hybridized carbons (Fsp3) is 0.632. The molecule has 1 atom stereocenters. The van der Waals surface area contributed by atoms with E-state index in [1.165, 1.54) is 17.7 Å². The highest BCUT2D eigenvalue weighted by atomic mass is 16.2. The highest BCUT2D eigenvalue weighted by Crippen LogP contribution is 2.23. The van der Waals surface area contributed by atoms with Crippen molar-refractivity contribution in [2.45, 2.75) is 40.5 Å². The van der Waals surface area contributed by atoms with Gasteiger partial charge < -0.3 is 15.1 Å². The monoisotopic (exact) mass is 317 g/mol. The minimum Gasteiger partial charge on any atom is -0.376 e. The molecule has 0 spiro atoms. The van der Waals surface area contributed by atoms with Crippen LogP contribution >= 0.6 is 0 Å². The number of nitrogens with one attached hydrogen (secondary N) is 1. The number of likely N-dealkylation sites (tertiary alicyclic amines) is 1. The molecule has 4 nitrogen and oxygen atoms in total. The van der Waals surface area contributed by atoms with Crippen LogP contribution in [-0.4, -0.2) is 43.5 Å². The minimum absolute atomic E-state index is 0.212. The van der Waals surface area contributed by atoms with E-state index in [-0.39, 0.29) is 5.91 Å². The molecule has 0 bridgehead atoms. The first-order chi connectivity index (χ1) is 11.0. The van der Waals surface area contributed by atoms with Gasteiger partial charge in [0.2, 0.25) is 5.91 Å². The molecule has 0 aliphatic carbocycles. The number of carbonyl (C=O) groups excluding carboxylic acids is 1. The van der Waals surface area contributed by atoms with Crippen molar-refractivity contribution in [1.29, 1.82) is 0 Å². The number of aryl methyl sites for hydroxylation is 1. The lowest BCUT2D eigenvalue weighted by atomic mass is 10.0. The van der Waals surface area contributed by atoms with Crippen LogP contribution in [0.5, 0.6) is 0 Å². The number of benzene rings is 1. The molecule has 128 valence electrons. The van der Waals surface area contributed by atoms with E-state index in [1.54, 1.807) is 0 Å².